The fourth-order valence-electron chi connectivity index (χ4n) is 5.92. The number of fused-ring (bicyclic) bond motifs is 8. The van der Waals surface area contributed by atoms with Gasteiger partial charge in [-0.15, -0.1) is 0 Å². The maximum absolute atomic E-state index is 4.49. The van der Waals surface area contributed by atoms with E-state index in [1.807, 2.05) is 52.3 Å². The zero-order chi connectivity index (χ0) is 31.2. The van der Waals surface area contributed by atoms with Gasteiger partial charge < -0.3 is 0 Å². The first-order chi connectivity index (χ1) is 21.7. The highest BCUT2D eigenvalue weighted by Gasteiger charge is 2.10. The SMILES string of the molecule is C.Cc1cc2nn(C)nc2c2cc3ccccc3cc12.Cc1cc2nn(C)nc2c2ccccc12.Cc1ccc2nn(C)nc2c1. The van der Waals surface area contributed by atoms with Gasteiger partial charge in [0.25, 0.3) is 0 Å². The smallest absolute Gasteiger partial charge is 0.121 e. The van der Waals surface area contributed by atoms with Crippen molar-refractivity contribution in [1.82, 2.24) is 45.0 Å². The molecule has 9 rings (SSSR count). The van der Waals surface area contributed by atoms with E-state index in [9.17, 15) is 0 Å². The lowest BCUT2D eigenvalue weighted by Gasteiger charge is -2.05. The zero-order valence-electron chi connectivity index (χ0n) is 26.2. The van der Waals surface area contributed by atoms with E-state index in [-0.39, 0.29) is 7.43 Å². The van der Waals surface area contributed by atoms with E-state index in [4.69, 9.17) is 0 Å². The molecule has 3 aromatic heterocycles. The second kappa shape index (κ2) is 12.0. The van der Waals surface area contributed by atoms with E-state index in [1.165, 1.54) is 49.0 Å². The maximum atomic E-state index is 4.49. The number of hydrogen-bond donors (Lipinski definition) is 0. The van der Waals surface area contributed by atoms with Crippen LogP contribution in [-0.2, 0) is 21.1 Å². The van der Waals surface area contributed by atoms with E-state index in [2.05, 4.69) is 111 Å². The van der Waals surface area contributed by atoms with Gasteiger partial charge in [-0.2, -0.15) is 45.0 Å². The Morgan fingerprint density at radius 2 is 0.891 bits per heavy atom. The molecule has 46 heavy (non-hydrogen) atoms. The second-order valence-corrected chi connectivity index (χ2v) is 11.5. The van der Waals surface area contributed by atoms with Crippen molar-refractivity contribution in [2.75, 3.05) is 0 Å². The van der Waals surface area contributed by atoms with Crippen LogP contribution in [0.25, 0.3) is 65.4 Å². The summed E-state index contributed by atoms with van der Waals surface area (Å²) in [5.74, 6) is 0. The molecule has 0 saturated heterocycles. The minimum absolute atomic E-state index is 0. The second-order valence-electron chi connectivity index (χ2n) is 11.5. The molecule has 0 unspecified atom stereocenters. The first kappa shape index (κ1) is 30.3. The molecule has 0 aliphatic carbocycles. The van der Waals surface area contributed by atoms with Gasteiger partial charge in [-0.05, 0) is 95.4 Å². The Morgan fingerprint density at radius 3 is 1.54 bits per heavy atom. The van der Waals surface area contributed by atoms with Crippen LogP contribution >= 0.6 is 0 Å². The van der Waals surface area contributed by atoms with E-state index in [0.717, 1.165) is 33.1 Å². The standard InChI is InChI=1S/C16H13N3.C12H11N3.C8H9N3.CH4/c1-10-7-15-16(18-19(2)17-15)14-9-12-6-4-3-5-11(12)8-13(10)14;1-8-7-11-12(14-15(2)13-11)10-6-4-3-5-9(8)10;1-6-3-4-7-8(5-6)10-11(2)9-7;/h3-9H,1-2H3;3-7H,1-2H3;3-5H,1-2H3;1H4. The summed E-state index contributed by atoms with van der Waals surface area (Å²) in [5, 5.41) is 33.3. The Labute approximate surface area is 267 Å². The van der Waals surface area contributed by atoms with Crippen molar-refractivity contribution in [3.63, 3.8) is 0 Å². The highest BCUT2D eigenvalue weighted by Crippen LogP contribution is 2.30. The molecule has 9 heteroatoms. The summed E-state index contributed by atoms with van der Waals surface area (Å²) < 4.78 is 0. The average molecular weight is 608 g/mol. The Balaban J connectivity index is 0.000000124. The Hall–Kier alpha value is -5.70. The summed E-state index contributed by atoms with van der Waals surface area (Å²) in [6.07, 6.45) is 0. The zero-order valence-corrected chi connectivity index (χ0v) is 26.2. The maximum Gasteiger partial charge on any atom is 0.121 e. The highest BCUT2D eigenvalue weighted by molar-refractivity contribution is 6.11. The van der Waals surface area contributed by atoms with Crippen LogP contribution in [0.4, 0.5) is 0 Å². The first-order valence-corrected chi connectivity index (χ1v) is 14.8. The summed E-state index contributed by atoms with van der Waals surface area (Å²) in [7, 11) is 5.54. The molecule has 0 fully saturated rings. The third-order valence-electron chi connectivity index (χ3n) is 7.99. The summed E-state index contributed by atoms with van der Waals surface area (Å²) in [5.41, 5.74) is 9.53. The van der Waals surface area contributed by atoms with Gasteiger partial charge in [0.2, 0.25) is 0 Å². The molecule has 0 aliphatic rings. The van der Waals surface area contributed by atoms with Crippen LogP contribution in [0.1, 0.15) is 24.1 Å². The Morgan fingerprint density at radius 1 is 0.413 bits per heavy atom. The van der Waals surface area contributed by atoms with Gasteiger partial charge in [-0.3, -0.25) is 0 Å². The van der Waals surface area contributed by atoms with E-state index < -0.39 is 0 Å². The predicted molar refractivity (Wildman–Crippen MR) is 189 cm³/mol. The van der Waals surface area contributed by atoms with Crippen LogP contribution in [0.3, 0.4) is 0 Å². The summed E-state index contributed by atoms with van der Waals surface area (Å²) in [6, 6.07) is 31.5. The molecule has 9 nitrogen and oxygen atoms in total. The number of hydrogen-bond acceptors (Lipinski definition) is 6. The molecule has 0 N–H and O–H groups in total. The monoisotopic (exact) mass is 607 g/mol. The van der Waals surface area contributed by atoms with Crippen LogP contribution in [0.2, 0.25) is 0 Å². The van der Waals surface area contributed by atoms with Crippen molar-refractivity contribution in [2.24, 2.45) is 21.1 Å². The topological polar surface area (TPSA) is 92.1 Å². The summed E-state index contributed by atoms with van der Waals surface area (Å²) in [6.45, 7) is 6.29. The molecule has 0 radical (unpaired) electrons. The van der Waals surface area contributed by atoms with Crippen molar-refractivity contribution < 1.29 is 0 Å². The predicted octanol–water partition coefficient (Wildman–Crippen LogP) is 7.93. The van der Waals surface area contributed by atoms with Gasteiger partial charge in [-0.1, -0.05) is 62.0 Å². The lowest BCUT2D eigenvalue weighted by Crippen LogP contribution is -1.90. The van der Waals surface area contributed by atoms with Crippen LogP contribution in [0.15, 0.2) is 91.0 Å². The lowest BCUT2D eigenvalue weighted by atomic mass is 9.99. The molecule has 0 spiro atoms. The van der Waals surface area contributed by atoms with Crippen LogP contribution in [-0.4, -0.2) is 45.0 Å². The van der Waals surface area contributed by atoms with Crippen LogP contribution in [0.5, 0.6) is 0 Å². The van der Waals surface area contributed by atoms with Crippen molar-refractivity contribution >= 4 is 65.4 Å². The van der Waals surface area contributed by atoms with E-state index in [0.29, 0.717) is 0 Å². The molecule has 9 aromatic rings. The third-order valence-corrected chi connectivity index (χ3v) is 7.99. The quantitative estimate of drug-likeness (QED) is 0.163. The first-order valence-electron chi connectivity index (χ1n) is 14.8. The molecule has 0 amide bonds. The molecule has 0 bridgehead atoms. The van der Waals surface area contributed by atoms with Crippen molar-refractivity contribution in [3.05, 3.63) is 108 Å². The third kappa shape index (κ3) is 5.63. The number of rotatable bonds is 0. The molecule has 0 atom stereocenters. The molecular formula is C37H37N9. The van der Waals surface area contributed by atoms with Crippen LogP contribution in [0, 0.1) is 20.8 Å². The average Bonchev–Trinajstić information content (AvgIpc) is 3.71. The van der Waals surface area contributed by atoms with E-state index >= 15 is 0 Å². The highest BCUT2D eigenvalue weighted by atomic mass is 15.5. The van der Waals surface area contributed by atoms with E-state index in [1.54, 1.807) is 14.4 Å². The van der Waals surface area contributed by atoms with Crippen LogP contribution < -0.4 is 0 Å². The Bertz CT molecular complexity index is 2520. The van der Waals surface area contributed by atoms with Gasteiger partial charge in [0.05, 0.1) is 0 Å². The van der Waals surface area contributed by atoms with Crippen molar-refractivity contribution in [3.8, 4) is 0 Å². The molecule has 3 heterocycles. The summed E-state index contributed by atoms with van der Waals surface area (Å²) in [4.78, 5) is 4.85. The minimum Gasteiger partial charge on any atom is -0.187 e. The number of aromatic nitrogens is 9. The molecule has 0 saturated carbocycles. The van der Waals surface area contributed by atoms with Gasteiger partial charge in [-0.25, -0.2) is 0 Å². The van der Waals surface area contributed by atoms with Gasteiger partial charge in [0.1, 0.15) is 33.1 Å². The minimum atomic E-state index is 0. The summed E-state index contributed by atoms with van der Waals surface area (Å²) >= 11 is 0. The van der Waals surface area contributed by atoms with Gasteiger partial charge in [0, 0.05) is 31.9 Å². The molecule has 230 valence electrons. The fourth-order valence-corrected chi connectivity index (χ4v) is 5.92. The molecule has 6 aromatic carbocycles. The van der Waals surface area contributed by atoms with Crippen molar-refractivity contribution in [1.29, 1.82) is 0 Å². The fraction of sp³-hybridized carbons (Fsp3) is 0.189. The molecular weight excluding hydrogens is 570 g/mol. The van der Waals surface area contributed by atoms with Gasteiger partial charge in [0.15, 0.2) is 0 Å². The Kier molecular flexibility index (Phi) is 7.92. The number of aryl methyl sites for hydroxylation is 6. The number of nitrogens with zero attached hydrogens (tertiary/aromatic N) is 9. The van der Waals surface area contributed by atoms with Gasteiger partial charge >= 0.3 is 0 Å². The van der Waals surface area contributed by atoms with Crippen molar-refractivity contribution in [2.45, 2.75) is 28.2 Å². The lowest BCUT2D eigenvalue weighted by molar-refractivity contribution is 0.665. The largest absolute Gasteiger partial charge is 0.187 e. The molecule has 0 aliphatic heterocycles. The number of benzene rings is 6. The normalized spacial score (nSPS) is 11.1.